The minimum atomic E-state index is -3.66. The van der Waals surface area contributed by atoms with E-state index in [1.807, 2.05) is 19.1 Å². The van der Waals surface area contributed by atoms with Crippen molar-refractivity contribution in [2.75, 3.05) is 0 Å². The van der Waals surface area contributed by atoms with Gasteiger partial charge in [0.15, 0.2) is 0 Å². The van der Waals surface area contributed by atoms with E-state index in [2.05, 4.69) is 30.1 Å². The van der Waals surface area contributed by atoms with Crippen molar-refractivity contribution < 1.29 is 8.42 Å². The third-order valence-corrected chi connectivity index (χ3v) is 6.36. The largest absolute Gasteiger partial charge is 0.354 e. The summed E-state index contributed by atoms with van der Waals surface area (Å²) in [5, 5.41) is 0. The second-order valence-electron chi connectivity index (χ2n) is 7.29. The topological polar surface area (TPSA) is 49.7 Å². The molecule has 140 valence electrons. The molecule has 1 fully saturated rings. The maximum Gasteiger partial charge on any atom is 0.283 e. The first-order valence-electron chi connectivity index (χ1n) is 9.54. The standard InChI is InChI=1S/C20H32N2O2S/c1-5-6-7-11-20(22-17(3)9-8-10-18(22)4)21-25(23,24)19-14-12-16(2)13-15-19/h12-15,17-18H,5-11H2,1-4H3/t17-,18+. The molecule has 4 nitrogen and oxygen atoms in total. The van der Waals surface area contributed by atoms with Crippen LogP contribution in [0.2, 0.25) is 0 Å². The summed E-state index contributed by atoms with van der Waals surface area (Å²) >= 11 is 0. The Labute approximate surface area is 153 Å². The van der Waals surface area contributed by atoms with Gasteiger partial charge in [-0.15, -0.1) is 4.40 Å². The number of hydrogen-bond donors (Lipinski definition) is 0. The number of sulfonamides is 1. The number of amidine groups is 1. The van der Waals surface area contributed by atoms with Gasteiger partial charge < -0.3 is 4.90 Å². The predicted octanol–water partition coefficient (Wildman–Crippen LogP) is 4.93. The summed E-state index contributed by atoms with van der Waals surface area (Å²) in [5.41, 5.74) is 1.05. The van der Waals surface area contributed by atoms with Gasteiger partial charge in [0, 0.05) is 18.5 Å². The molecule has 0 saturated carbocycles. The van der Waals surface area contributed by atoms with Gasteiger partial charge in [-0.05, 0) is 58.6 Å². The maximum atomic E-state index is 12.8. The highest BCUT2D eigenvalue weighted by molar-refractivity contribution is 7.90. The number of piperidine rings is 1. The third-order valence-electron chi connectivity index (χ3n) is 5.04. The average Bonchev–Trinajstić information content (AvgIpc) is 2.55. The Hall–Kier alpha value is -1.36. The van der Waals surface area contributed by atoms with E-state index in [-0.39, 0.29) is 4.90 Å². The number of nitrogens with zero attached hydrogens (tertiary/aromatic N) is 2. The number of unbranched alkanes of at least 4 members (excludes halogenated alkanes) is 2. The van der Waals surface area contributed by atoms with Gasteiger partial charge in [0.05, 0.1) is 4.90 Å². The van der Waals surface area contributed by atoms with Gasteiger partial charge in [0.25, 0.3) is 10.0 Å². The van der Waals surface area contributed by atoms with Crippen LogP contribution in [0.5, 0.6) is 0 Å². The van der Waals surface area contributed by atoms with Crippen LogP contribution in [0.1, 0.15) is 71.3 Å². The first kappa shape index (κ1) is 20.0. The summed E-state index contributed by atoms with van der Waals surface area (Å²) in [6.07, 6.45) is 7.32. The molecule has 25 heavy (non-hydrogen) atoms. The van der Waals surface area contributed by atoms with Crippen molar-refractivity contribution in [3.63, 3.8) is 0 Å². The van der Waals surface area contributed by atoms with E-state index >= 15 is 0 Å². The molecule has 2 atom stereocenters. The van der Waals surface area contributed by atoms with Crippen molar-refractivity contribution in [2.24, 2.45) is 4.40 Å². The maximum absolute atomic E-state index is 12.8. The predicted molar refractivity (Wildman–Crippen MR) is 105 cm³/mol. The summed E-state index contributed by atoms with van der Waals surface area (Å²) in [5.74, 6) is 0.744. The van der Waals surface area contributed by atoms with Crippen LogP contribution in [0.4, 0.5) is 0 Å². The van der Waals surface area contributed by atoms with Crippen LogP contribution < -0.4 is 0 Å². The molecule has 0 N–H and O–H groups in total. The fourth-order valence-electron chi connectivity index (χ4n) is 3.59. The number of rotatable bonds is 6. The average molecular weight is 365 g/mol. The van der Waals surface area contributed by atoms with Crippen LogP contribution in [0.3, 0.4) is 0 Å². The molecule has 1 aliphatic rings. The van der Waals surface area contributed by atoms with Crippen LogP contribution in [0, 0.1) is 6.92 Å². The van der Waals surface area contributed by atoms with Gasteiger partial charge >= 0.3 is 0 Å². The minimum absolute atomic E-state index is 0.281. The van der Waals surface area contributed by atoms with Gasteiger partial charge in [0.1, 0.15) is 5.84 Å². The van der Waals surface area contributed by atoms with E-state index in [1.54, 1.807) is 12.1 Å². The molecule has 1 aliphatic heterocycles. The molecule has 1 aromatic carbocycles. The first-order valence-corrected chi connectivity index (χ1v) is 11.0. The zero-order chi connectivity index (χ0) is 18.4. The summed E-state index contributed by atoms with van der Waals surface area (Å²) in [4.78, 5) is 2.54. The lowest BCUT2D eigenvalue weighted by atomic mass is 9.96. The highest BCUT2D eigenvalue weighted by Gasteiger charge is 2.28. The Morgan fingerprint density at radius 1 is 1.12 bits per heavy atom. The Bertz CT molecular complexity index is 670. The quantitative estimate of drug-likeness (QED) is 0.409. The van der Waals surface area contributed by atoms with E-state index in [0.29, 0.717) is 12.1 Å². The smallest absolute Gasteiger partial charge is 0.283 e. The van der Waals surface area contributed by atoms with Gasteiger partial charge in [0.2, 0.25) is 0 Å². The normalized spacial score (nSPS) is 22.2. The van der Waals surface area contributed by atoms with Crippen LogP contribution in [0.15, 0.2) is 33.6 Å². The van der Waals surface area contributed by atoms with E-state index in [0.717, 1.165) is 49.9 Å². The third kappa shape index (κ3) is 5.30. The van der Waals surface area contributed by atoms with Gasteiger partial charge in [-0.1, -0.05) is 37.5 Å². The highest BCUT2D eigenvalue weighted by atomic mass is 32.2. The number of hydrogen-bond acceptors (Lipinski definition) is 2. The van der Waals surface area contributed by atoms with E-state index in [9.17, 15) is 8.42 Å². The molecule has 0 aliphatic carbocycles. The van der Waals surface area contributed by atoms with E-state index < -0.39 is 10.0 Å². The molecule has 1 heterocycles. The molecule has 5 heteroatoms. The van der Waals surface area contributed by atoms with Crippen molar-refractivity contribution in [3.8, 4) is 0 Å². The van der Waals surface area contributed by atoms with Crippen LogP contribution in [0.25, 0.3) is 0 Å². The molecule has 0 spiro atoms. The lowest BCUT2D eigenvalue weighted by Gasteiger charge is -2.41. The number of benzene rings is 1. The monoisotopic (exact) mass is 364 g/mol. The molecule has 1 aromatic rings. The fraction of sp³-hybridized carbons (Fsp3) is 0.650. The second-order valence-corrected chi connectivity index (χ2v) is 8.89. The molecule has 0 aromatic heterocycles. The van der Waals surface area contributed by atoms with Crippen molar-refractivity contribution in [1.82, 2.24) is 4.90 Å². The van der Waals surface area contributed by atoms with Crippen LogP contribution in [-0.2, 0) is 10.0 Å². The molecule has 2 rings (SSSR count). The number of aryl methyl sites for hydroxylation is 1. The van der Waals surface area contributed by atoms with E-state index in [4.69, 9.17) is 0 Å². The molecule has 0 unspecified atom stereocenters. The van der Waals surface area contributed by atoms with Crippen LogP contribution in [-0.4, -0.2) is 31.2 Å². The molecule has 0 amide bonds. The summed E-state index contributed by atoms with van der Waals surface area (Å²) in [6.45, 7) is 8.48. The summed E-state index contributed by atoms with van der Waals surface area (Å²) in [7, 11) is -3.66. The van der Waals surface area contributed by atoms with E-state index in [1.165, 1.54) is 6.42 Å². The van der Waals surface area contributed by atoms with Crippen LogP contribution >= 0.6 is 0 Å². The Morgan fingerprint density at radius 2 is 1.72 bits per heavy atom. The van der Waals surface area contributed by atoms with Crippen molar-refractivity contribution >= 4 is 15.9 Å². The Morgan fingerprint density at radius 3 is 2.28 bits per heavy atom. The SMILES string of the molecule is CCCCCC(=NS(=O)(=O)c1ccc(C)cc1)N1[C@H](C)CCC[C@@H]1C. The Balaban J connectivity index is 2.35. The molecular weight excluding hydrogens is 332 g/mol. The molecular formula is C20H32N2O2S. The fourth-order valence-corrected chi connectivity index (χ4v) is 4.64. The first-order chi connectivity index (χ1) is 11.8. The minimum Gasteiger partial charge on any atom is -0.354 e. The lowest BCUT2D eigenvalue weighted by Crippen LogP contribution is -2.47. The van der Waals surface area contributed by atoms with Crippen molar-refractivity contribution in [1.29, 1.82) is 0 Å². The highest BCUT2D eigenvalue weighted by Crippen LogP contribution is 2.26. The lowest BCUT2D eigenvalue weighted by molar-refractivity contribution is 0.187. The van der Waals surface area contributed by atoms with Crippen molar-refractivity contribution in [2.45, 2.75) is 89.6 Å². The zero-order valence-electron chi connectivity index (χ0n) is 16.0. The van der Waals surface area contributed by atoms with Gasteiger partial charge in [-0.25, -0.2) is 0 Å². The second kappa shape index (κ2) is 8.84. The molecule has 1 saturated heterocycles. The molecule has 0 radical (unpaired) electrons. The number of likely N-dealkylation sites (tertiary alicyclic amines) is 1. The van der Waals surface area contributed by atoms with Gasteiger partial charge in [-0.2, -0.15) is 8.42 Å². The Kier molecular flexibility index (Phi) is 7.05. The summed E-state index contributed by atoms with van der Waals surface area (Å²) in [6, 6.07) is 7.65. The van der Waals surface area contributed by atoms with Gasteiger partial charge in [-0.3, -0.25) is 0 Å². The van der Waals surface area contributed by atoms with Crippen molar-refractivity contribution in [3.05, 3.63) is 29.8 Å². The molecule has 0 bridgehead atoms. The zero-order valence-corrected chi connectivity index (χ0v) is 16.8. The summed E-state index contributed by atoms with van der Waals surface area (Å²) < 4.78 is 30.0.